The van der Waals surface area contributed by atoms with Crippen molar-refractivity contribution in [1.82, 2.24) is 24.6 Å². The molecule has 8 nitrogen and oxygen atoms in total. The summed E-state index contributed by atoms with van der Waals surface area (Å²) < 4.78 is 35.3. The van der Waals surface area contributed by atoms with Crippen molar-refractivity contribution in [3.8, 4) is 5.69 Å². The third-order valence-electron chi connectivity index (χ3n) is 4.56. The number of H-pyrrole nitrogens is 1. The Morgan fingerprint density at radius 1 is 1.16 bits per heavy atom. The number of nitrogens with one attached hydrogen (secondary N) is 2. The molecule has 3 heterocycles. The van der Waals surface area contributed by atoms with Gasteiger partial charge in [0.2, 0.25) is 0 Å². The second-order valence-corrected chi connectivity index (χ2v) is 6.81. The molecule has 0 fully saturated rings. The normalized spacial score (nSPS) is 11.2. The number of carbonyl (C=O) groups is 1. The fourth-order valence-corrected chi connectivity index (χ4v) is 3.06. The molecule has 168 valence electrons. The lowest BCUT2D eigenvalue weighted by atomic mass is 10.3. The molecular weight excluding hydrogens is 427 g/mol. The number of halogens is 3. The summed E-state index contributed by atoms with van der Waals surface area (Å²) in [5.41, 5.74) is 3.95. The van der Waals surface area contributed by atoms with Gasteiger partial charge in [0.25, 0.3) is 5.56 Å². The number of carboxylic acids is 1. The monoisotopic (exact) mass is 447 g/mol. The van der Waals surface area contributed by atoms with Crippen molar-refractivity contribution >= 4 is 16.9 Å². The zero-order chi connectivity index (χ0) is 23.3. The number of para-hydroxylation sites is 1. The fourth-order valence-electron chi connectivity index (χ4n) is 3.06. The summed E-state index contributed by atoms with van der Waals surface area (Å²) in [6.07, 6.45) is -1.46. The number of benzene rings is 1. The van der Waals surface area contributed by atoms with Gasteiger partial charge in [0.15, 0.2) is 0 Å². The van der Waals surface area contributed by atoms with Crippen molar-refractivity contribution in [2.45, 2.75) is 19.3 Å². The van der Waals surface area contributed by atoms with Crippen LogP contribution in [0.25, 0.3) is 16.6 Å². The zero-order valence-electron chi connectivity index (χ0n) is 16.9. The Balaban J connectivity index is 0.000000360. The van der Waals surface area contributed by atoms with Crippen LogP contribution in [0.1, 0.15) is 11.4 Å². The predicted molar refractivity (Wildman–Crippen MR) is 111 cm³/mol. The Labute approximate surface area is 179 Å². The number of hydrogen-bond acceptors (Lipinski definition) is 4. The maximum atomic E-state index is 12.3. The van der Waals surface area contributed by atoms with Crippen molar-refractivity contribution < 1.29 is 23.1 Å². The topological polar surface area (TPSA) is 105 Å². The van der Waals surface area contributed by atoms with E-state index in [-0.39, 0.29) is 5.56 Å². The van der Waals surface area contributed by atoms with E-state index in [9.17, 15) is 18.0 Å². The van der Waals surface area contributed by atoms with E-state index in [4.69, 9.17) is 9.90 Å². The molecule has 0 aliphatic carbocycles. The highest BCUT2D eigenvalue weighted by Gasteiger charge is 2.38. The Morgan fingerprint density at radius 2 is 1.84 bits per heavy atom. The van der Waals surface area contributed by atoms with Gasteiger partial charge in [-0.3, -0.25) is 14.5 Å². The molecule has 0 saturated heterocycles. The van der Waals surface area contributed by atoms with Crippen molar-refractivity contribution in [2.24, 2.45) is 7.05 Å². The number of pyridine rings is 1. The Bertz CT molecular complexity index is 1230. The molecule has 0 aliphatic rings. The number of hydrogen-bond donors (Lipinski definition) is 3. The second-order valence-electron chi connectivity index (χ2n) is 6.81. The number of nitrogens with zero attached hydrogens (tertiary/aromatic N) is 3. The summed E-state index contributed by atoms with van der Waals surface area (Å²) in [6.45, 7) is 1.30. The van der Waals surface area contributed by atoms with E-state index in [0.29, 0.717) is 13.1 Å². The van der Waals surface area contributed by atoms with Gasteiger partial charge < -0.3 is 15.4 Å². The van der Waals surface area contributed by atoms with Crippen molar-refractivity contribution in [3.63, 3.8) is 0 Å². The number of aliphatic carboxylic acids is 1. The maximum Gasteiger partial charge on any atom is 0.490 e. The molecule has 0 atom stereocenters. The molecule has 4 rings (SSSR count). The lowest BCUT2D eigenvalue weighted by Gasteiger charge is -2.10. The van der Waals surface area contributed by atoms with Crippen molar-refractivity contribution in [1.29, 1.82) is 0 Å². The minimum atomic E-state index is -5.08. The van der Waals surface area contributed by atoms with Crippen LogP contribution in [-0.4, -0.2) is 36.6 Å². The summed E-state index contributed by atoms with van der Waals surface area (Å²) in [6, 6.07) is 15.4. The van der Waals surface area contributed by atoms with Crippen LogP contribution in [0.3, 0.4) is 0 Å². The molecule has 0 saturated carbocycles. The summed E-state index contributed by atoms with van der Waals surface area (Å²) >= 11 is 0. The molecule has 0 radical (unpaired) electrons. The first-order chi connectivity index (χ1) is 15.2. The first kappa shape index (κ1) is 22.8. The minimum absolute atomic E-state index is 0.0258. The largest absolute Gasteiger partial charge is 0.490 e. The average Bonchev–Trinajstić information content (AvgIpc) is 3.28. The Morgan fingerprint density at radius 3 is 2.47 bits per heavy atom. The van der Waals surface area contributed by atoms with E-state index < -0.39 is 12.1 Å². The number of fused-ring (bicyclic) bond motifs is 1. The highest BCUT2D eigenvalue weighted by atomic mass is 19.4. The third kappa shape index (κ3) is 5.43. The Kier molecular flexibility index (Phi) is 6.79. The Hall–Kier alpha value is -3.86. The maximum absolute atomic E-state index is 12.3. The van der Waals surface area contributed by atoms with E-state index in [1.165, 1.54) is 0 Å². The average molecular weight is 447 g/mol. The van der Waals surface area contributed by atoms with Gasteiger partial charge in [0.1, 0.15) is 0 Å². The zero-order valence-corrected chi connectivity index (χ0v) is 16.9. The molecule has 3 N–H and O–H groups in total. The van der Waals surface area contributed by atoms with Gasteiger partial charge in [-0.1, -0.05) is 18.2 Å². The van der Waals surface area contributed by atoms with Gasteiger partial charge >= 0.3 is 12.1 Å². The van der Waals surface area contributed by atoms with Crippen LogP contribution in [0.4, 0.5) is 13.2 Å². The first-order valence-electron chi connectivity index (χ1n) is 9.42. The lowest BCUT2D eigenvalue weighted by molar-refractivity contribution is -0.192. The van der Waals surface area contributed by atoms with Crippen LogP contribution in [0.2, 0.25) is 0 Å². The standard InChI is InChI=1S/C19H19N5O.C2HF3O2/c1-23-17(10-19(25)24(23)16-5-3-2-4-6-16)13-21-12-15-9-14-11-20-8-7-18(14)22-15;3-2(4,5)1(6)7/h2-11,21-22H,12-13H2,1H3;(H,6,7). The van der Waals surface area contributed by atoms with E-state index >= 15 is 0 Å². The highest BCUT2D eigenvalue weighted by molar-refractivity contribution is 5.79. The predicted octanol–water partition coefficient (Wildman–Crippen LogP) is 2.98. The molecule has 4 aromatic rings. The number of alkyl halides is 3. The van der Waals surface area contributed by atoms with Gasteiger partial charge in [0, 0.05) is 55.2 Å². The van der Waals surface area contributed by atoms with Crippen LogP contribution < -0.4 is 10.9 Å². The molecule has 1 aromatic carbocycles. The van der Waals surface area contributed by atoms with E-state index in [0.717, 1.165) is 28.0 Å². The van der Waals surface area contributed by atoms with Crippen LogP contribution in [0.15, 0.2) is 65.7 Å². The fraction of sp³-hybridized carbons (Fsp3) is 0.190. The van der Waals surface area contributed by atoms with Gasteiger partial charge in [-0.2, -0.15) is 13.2 Å². The van der Waals surface area contributed by atoms with Crippen LogP contribution in [0.5, 0.6) is 0 Å². The number of carboxylic acid groups (broad SMARTS) is 1. The van der Waals surface area contributed by atoms with Crippen LogP contribution in [0, 0.1) is 0 Å². The second kappa shape index (κ2) is 9.52. The van der Waals surface area contributed by atoms with Crippen LogP contribution in [-0.2, 0) is 24.9 Å². The molecule has 3 aromatic heterocycles. The van der Waals surface area contributed by atoms with Crippen molar-refractivity contribution in [3.05, 3.63) is 82.7 Å². The highest BCUT2D eigenvalue weighted by Crippen LogP contribution is 2.14. The summed E-state index contributed by atoms with van der Waals surface area (Å²) in [4.78, 5) is 28.7. The smallest absolute Gasteiger partial charge is 0.475 e. The van der Waals surface area contributed by atoms with Crippen LogP contribution >= 0.6 is 0 Å². The molecule has 0 aliphatic heterocycles. The number of aromatic nitrogens is 4. The van der Waals surface area contributed by atoms with Gasteiger partial charge in [-0.25, -0.2) is 9.48 Å². The van der Waals surface area contributed by atoms with Gasteiger partial charge in [0.05, 0.1) is 11.4 Å². The van der Waals surface area contributed by atoms with Gasteiger partial charge in [-0.05, 0) is 24.3 Å². The van der Waals surface area contributed by atoms with E-state index in [1.54, 1.807) is 16.9 Å². The molecule has 0 spiro atoms. The van der Waals surface area contributed by atoms with E-state index in [2.05, 4.69) is 21.4 Å². The van der Waals surface area contributed by atoms with Crippen molar-refractivity contribution in [2.75, 3.05) is 0 Å². The number of rotatable bonds is 5. The minimum Gasteiger partial charge on any atom is -0.475 e. The summed E-state index contributed by atoms with van der Waals surface area (Å²) in [7, 11) is 1.90. The summed E-state index contributed by atoms with van der Waals surface area (Å²) in [5.74, 6) is -2.76. The molecule has 0 bridgehead atoms. The number of aromatic amines is 1. The van der Waals surface area contributed by atoms with Gasteiger partial charge in [-0.15, -0.1) is 0 Å². The lowest BCUT2D eigenvalue weighted by Crippen LogP contribution is -2.21. The molecule has 11 heteroatoms. The first-order valence-corrected chi connectivity index (χ1v) is 9.42. The van der Waals surface area contributed by atoms with E-state index in [1.807, 2.05) is 54.3 Å². The molecular formula is C21H20F3N5O3. The quantitative estimate of drug-likeness (QED) is 0.436. The third-order valence-corrected chi connectivity index (χ3v) is 4.56. The SMILES string of the molecule is Cn1c(CNCc2cc3cnccc3[nH]2)cc(=O)n1-c1ccccc1.O=C(O)C(F)(F)F. The molecule has 32 heavy (non-hydrogen) atoms. The molecule has 0 unspecified atom stereocenters. The molecule has 0 amide bonds. The summed E-state index contributed by atoms with van der Waals surface area (Å²) in [5, 5.41) is 11.6.